The molecule has 0 saturated heterocycles. The molecule has 0 aliphatic heterocycles. The Kier molecular flexibility index (Phi) is 5.12. The number of carbonyl (C=O) groups excluding carboxylic acids is 1. The molecule has 0 saturated carbocycles. The van der Waals surface area contributed by atoms with E-state index in [1.165, 1.54) is 30.5 Å². The lowest BCUT2D eigenvalue weighted by Gasteiger charge is -2.12. The van der Waals surface area contributed by atoms with Crippen LogP contribution in [0.1, 0.15) is 15.9 Å². The second kappa shape index (κ2) is 7.65. The van der Waals surface area contributed by atoms with E-state index >= 15 is 0 Å². The minimum atomic E-state index is -0.358. The van der Waals surface area contributed by atoms with E-state index in [0.29, 0.717) is 22.7 Å². The molecule has 3 rings (SSSR count). The van der Waals surface area contributed by atoms with Crippen LogP contribution in [0.25, 0.3) is 0 Å². The van der Waals surface area contributed by atoms with Gasteiger partial charge in [-0.25, -0.2) is 4.39 Å². The standard InChI is InChI=1S/C20H18FN3O2/c1-13-3-8-19(26-2)18(9-13)23-17-10-14(11-22-12-17)20(25)24-16-6-4-15(21)5-7-16/h3-12,23H,1-2H3,(H,24,25). The number of rotatable bonds is 5. The fourth-order valence-electron chi connectivity index (χ4n) is 2.44. The van der Waals surface area contributed by atoms with Crippen molar-refractivity contribution in [1.29, 1.82) is 0 Å². The molecule has 6 heteroatoms. The van der Waals surface area contributed by atoms with Crippen molar-refractivity contribution in [3.8, 4) is 5.75 Å². The van der Waals surface area contributed by atoms with Crippen LogP contribution in [0.3, 0.4) is 0 Å². The average Bonchev–Trinajstić information content (AvgIpc) is 2.64. The minimum Gasteiger partial charge on any atom is -0.495 e. The lowest BCUT2D eigenvalue weighted by molar-refractivity contribution is 0.102. The summed E-state index contributed by atoms with van der Waals surface area (Å²) in [6.07, 6.45) is 3.09. The topological polar surface area (TPSA) is 63.2 Å². The zero-order valence-electron chi connectivity index (χ0n) is 14.4. The minimum absolute atomic E-state index is 0.330. The van der Waals surface area contributed by atoms with E-state index in [2.05, 4.69) is 15.6 Å². The first-order valence-electron chi connectivity index (χ1n) is 7.99. The molecule has 0 bridgehead atoms. The average molecular weight is 351 g/mol. The molecule has 132 valence electrons. The van der Waals surface area contributed by atoms with Crippen LogP contribution in [-0.4, -0.2) is 18.0 Å². The molecule has 0 unspecified atom stereocenters. The number of aryl methyl sites for hydroxylation is 1. The third kappa shape index (κ3) is 4.16. The van der Waals surface area contributed by atoms with E-state index < -0.39 is 0 Å². The first kappa shape index (κ1) is 17.4. The quantitative estimate of drug-likeness (QED) is 0.709. The van der Waals surface area contributed by atoms with Gasteiger partial charge in [-0.05, 0) is 55.0 Å². The highest BCUT2D eigenvalue weighted by Crippen LogP contribution is 2.28. The van der Waals surface area contributed by atoms with Crippen molar-refractivity contribution in [2.75, 3.05) is 17.7 Å². The molecule has 2 aromatic carbocycles. The van der Waals surface area contributed by atoms with Gasteiger partial charge in [0, 0.05) is 11.9 Å². The molecule has 3 aromatic rings. The maximum absolute atomic E-state index is 13.0. The van der Waals surface area contributed by atoms with Crippen molar-refractivity contribution in [3.05, 3.63) is 77.9 Å². The molecular formula is C20H18FN3O2. The van der Waals surface area contributed by atoms with E-state index in [1.807, 2.05) is 25.1 Å². The van der Waals surface area contributed by atoms with Gasteiger partial charge in [-0.1, -0.05) is 6.07 Å². The molecule has 1 heterocycles. The number of anilines is 3. The van der Waals surface area contributed by atoms with Crippen molar-refractivity contribution in [2.45, 2.75) is 6.92 Å². The van der Waals surface area contributed by atoms with Gasteiger partial charge in [0.25, 0.3) is 5.91 Å². The Morgan fingerprint density at radius 3 is 2.54 bits per heavy atom. The van der Waals surface area contributed by atoms with Crippen LogP contribution in [0.5, 0.6) is 5.75 Å². The number of amides is 1. The van der Waals surface area contributed by atoms with Crippen LogP contribution in [0.4, 0.5) is 21.5 Å². The van der Waals surface area contributed by atoms with Gasteiger partial charge in [-0.15, -0.1) is 0 Å². The summed E-state index contributed by atoms with van der Waals surface area (Å²) in [5.41, 5.74) is 3.40. The highest BCUT2D eigenvalue weighted by molar-refractivity contribution is 6.04. The van der Waals surface area contributed by atoms with Crippen LogP contribution < -0.4 is 15.4 Å². The number of nitrogens with one attached hydrogen (secondary N) is 2. The Morgan fingerprint density at radius 1 is 1.04 bits per heavy atom. The summed E-state index contributed by atoms with van der Waals surface area (Å²) < 4.78 is 18.3. The van der Waals surface area contributed by atoms with Gasteiger partial charge in [-0.3, -0.25) is 9.78 Å². The fraction of sp³-hybridized carbons (Fsp3) is 0.100. The molecule has 0 aliphatic rings. The molecule has 0 radical (unpaired) electrons. The first-order valence-corrected chi connectivity index (χ1v) is 7.99. The van der Waals surface area contributed by atoms with Gasteiger partial charge in [0.2, 0.25) is 0 Å². The van der Waals surface area contributed by atoms with Gasteiger partial charge < -0.3 is 15.4 Å². The third-order valence-corrected chi connectivity index (χ3v) is 3.74. The molecule has 1 aromatic heterocycles. The Morgan fingerprint density at radius 2 is 1.81 bits per heavy atom. The maximum atomic E-state index is 13.0. The van der Waals surface area contributed by atoms with Crippen molar-refractivity contribution in [2.24, 2.45) is 0 Å². The summed E-state index contributed by atoms with van der Waals surface area (Å²) in [4.78, 5) is 16.5. The fourth-order valence-corrected chi connectivity index (χ4v) is 2.44. The number of pyridine rings is 1. The van der Waals surface area contributed by atoms with Gasteiger partial charge in [-0.2, -0.15) is 0 Å². The number of aromatic nitrogens is 1. The lowest BCUT2D eigenvalue weighted by Crippen LogP contribution is -2.12. The molecule has 0 aliphatic carbocycles. The number of hydrogen-bond donors (Lipinski definition) is 2. The molecule has 2 N–H and O–H groups in total. The van der Waals surface area contributed by atoms with Crippen molar-refractivity contribution < 1.29 is 13.9 Å². The zero-order valence-corrected chi connectivity index (χ0v) is 14.4. The van der Waals surface area contributed by atoms with Gasteiger partial charge >= 0.3 is 0 Å². The van der Waals surface area contributed by atoms with E-state index in [1.54, 1.807) is 19.4 Å². The second-order valence-corrected chi connectivity index (χ2v) is 5.75. The molecule has 0 fully saturated rings. The molecule has 1 amide bonds. The highest BCUT2D eigenvalue weighted by Gasteiger charge is 2.09. The Labute approximate surface area is 150 Å². The number of ether oxygens (including phenoxy) is 1. The maximum Gasteiger partial charge on any atom is 0.257 e. The van der Waals surface area contributed by atoms with Crippen molar-refractivity contribution in [1.82, 2.24) is 4.98 Å². The lowest BCUT2D eigenvalue weighted by atomic mass is 10.2. The van der Waals surface area contributed by atoms with E-state index in [4.69, 9.17) is 4.74 Å². The monoisotopic (exact) mass is 351 g/mol. The van der Waals surface area contributed by atoms with Gasteiger partial charge in [0.1, 0.15) is 11.6 Å². The van der Waals surface area contributed by atoms with Crippen LogP contribution in [0.2, 0.25) is 0 Å². The van der Waals surface area contributed by atoms with Crippen LogP contribution in [0.15, 0.2) is 60.9 Å². The zero-order chi connectivity index (χ0) is 18.5. The summed E-state index contributed by atoms with van der Waals surface area (Å²) in [6.45, 7) is 1.98. The molecule has 0 spiro atoms. The molecule has 5 nitrogen and oxygen atoms in total. The third-order valence-electron chi connectivity index (χ3n) is 3.74. The Balaban J connectivity index is 1.79. The number of carbonyl (C=O) groups is 1. The predicted molar refractivity (Wildman–Crippen MR) is 99.6 cm³/mol. The largest absolute Gasteiger partial charge is 0.495 e. The molecule has 26 heavy (non-hydrogen) atoms. The summed E-state index contributed by atoms with van der Waals surface area (Å²) in [7, 11) is 1.60. The van der Waals surface area contributed by atoms with Gasteiger partial charge in [0.05, 0.1) is 30.2 Å². The first-order chi connectivity index (χ1) is 12.5. The Hall–Kier alpha value is -3.41. The van der Waals surface area contributed by atoms with E-state index in [9.17, 15) is 9.18 Å². The van der Waals surface area contributed by atoms with Crippen molar-refractivity contribution >= 4 is 23.0 Å². The normalized spacial score (nSPS) is 10.3. The van der Waals surface area contributed by atoms with Gasteiger partial charge in [0.15, 0.2) is 0 Å². The molecular weight excluding hydrogens is 333 g/mol. The number of hydrogen-bond acceptors (Lipinski definition) is 4. The van der Waals surface area contributed by atoms with E-state index in [-0.39, 0.29) is 11.7 Å². The van der Waals surface area contributed by atoms with Crippen LogP contribution >= 0.6 is 0 Å². The summed E-state index contributed by atoms with van der Waals surface area (Å²) in [6, 6.07) is 13.0. The Bertz CT molecular complexity index is 927. The summed E-state index contributed by atoms with van der Waals surface area (Å²) in [5.74, 6) is 0.00342. The summed E-state index contributed by atoms with van der Waals surface area (Å²) >= 11 is 0. The SMILES string of the molecule is COc1ccc(C)cc1Nc1cncc(C(=O)Nc2ccc(F)cc2)c1. The number of methoxy groups -OCH3 is 1. The smallest absolute Gasteiger partial charge is 0.257 e. The number of benzene rings is 2. The predicted octanol–water partition coefficient (Wildman–Crippen LogP) is 4.53. The van der Waals surface area contributed by atoms with Crippen LogP contribution in [0, 0.1) is 12.7 Å². The summed E-state index contributed by atoms with van der Waals surface area (Å²) in [5, 5.41) is 5.92. The van der Waals surface area contributed by atoms with Crippen LogP contribution in [-0.2, 0) is 0 Å². The number of nitrogens with zero attached hydrogens (tertiary/aromatic N) is 1. The number of halogens is 1. The highest BCUT2D eigenvalue weighted by atomic mass is 19.1. The van der Waals surface area contributed by atoms with Crippen molar-refractivity contribution in [3.63, 3.8) is 0 Å². The second-order valence-electron chi connectivity index (χ2n) is 5.75. The molecule has 0 atom stereocenters. The van der Waals surface area contributed by atoms with E-state index in [0.717, 1.165) is 11.3 Å².